The topological polar surface area (TPSA) is 12.0 Å². The van der Waals surface area contributed by atoms with Crippen LogP contribution in [0.25, 0.3) is 0 Å². The number of hydrogen-bond donors (Lipinski definition) is 1. The Morgan fingerprint density at radius 3 is 2.86 bits per heavy atom. The van der Waals surface area contributed by atoms with Gasteiger partial charge in [-0.05, 0) is 68.3 Å². The fraction of sp³-hybridized carbons (Fsp3) is 0.474. The molecule has 1 N–H and O–H groups in total. The molecule has 2 atom stereocenters. The van der Waals surface area contributed by atoms with Gasteiger partial charge < -0.3 is 5.32 Å². The first-order chi connectivity index (χ1) is 10.3. The third kappa shape index (κ3) is 3.38. The monoisotopic (exact) mass is 299 g/mol. The minimum absolute atomic E-state index is 0.504. The van der Waals surface area contributed by atoms with Crippen LogP contribution in [0.1, 0.15) is 59.0 Å². The van der Waals surface area contributed by atoms with Gasteiger partial charge in [0.1, 0.15) is 0 Å². The van der Waals surface area contributed by atoms with Crippen LogP contribution < -0.4 is 5.32 Å². The Kier molecular flexibility index (Phi) is 4.77. The number of hydrogen-bond acceptors (Lipinski definition) is 2. The Morgan fingerprint density at radius 1 is 1.24 bits per heavy atom. The summed E-state index contributed by atoms with van der Waals surface area (Å²) in [6.07, 6.45) is 5.16. The molecule has 21 heavy (non-hydrogen) atoms. The molecule has 0 spiro atoms. The third-order valence-electron chi connectivity index (χ3n) is 4.57. The molecule has 0 saturated carbocycles. The molecule has 1 aliphatic rings. The highest BCUT2D eigenvalue weighted by Crippen LogP contribution is 2.38. The first kappa shape index (κ1) is 14.8. The van der Waals surface area contributed by atoms with Crippen molar-refractivity contribution in [3.8, 4) is 0 Å². The van der Waals surface area contributed by atoms with Crippen molar-refractivity contribution < 1.29 is 0 Å². The van der Waals surface area contributed by atoms with Gasteiger partial charge >= 0.3 is 0 Å². The Morgan fingerprint density at radius 2 is 2.10 bits per heavy atom. The van der Waals surface area contributed by atoms with E-state index in [0.717, 1.165) is 6.54 Å². The maximum atomic E-state index is 3.70. The molecule has 112 valence electrons. The molecule has 2 heteroatoms. The van der Waals surface area contributed by atoms with Crippen molar-refractivity contribution in [3.05, 3.63) is 57.3 Å². The number of nitrogens with one attached hydrogen (secondary N) is 1. The second-order valence-corrected chi connectivity index (χ2v) is 7.40. The molecule has 3 rings (SSSR count). The largest absolute Gasteiger partial charge is 0.310 e. The summed E-state index contributed by atoms with van der Waals surface area (Å²) in [5.74, 6) is 0.710. The fourth-order valence-corrected chi connectivity index (χ4v) is 4.54. The van der Waals surface area contributed by atoms with Gasteiger partial charge in [-0.1, -0.05) is 31.2 Å². The van der Waals surface area contributed by atoms with Crippen LogP contribution in [0, 0.1) is 6.92 Å². The van der Waals surface area contributed by atoms with Crippen molar-refractivity contribution in [3.63, 3.8) is 0 Å². The molecule has 1 aromatic heterocycles. The van der Waals surface area contributed by atoms with E-state index in [9.17, 15) is 0 Å². The smallest absolute Gasteiger partial charge is 0.0420 e. The minimum atomic E-state index is 0.504. The van der Waals surface area contributed by atoms with Crippen LogP contribution in [0.4, 0.5) is 0 Å². The molecule has 0 fully saturated rings. The van der Waals surface area contributed by atoms with Gasteiger partial charge in [0.2, 0.25) is 0 Å². The van der Waals surface area contributed by atoms with Gasteiger partial charge in [-0.25, -0.2) is 0 Å². The normalized spacial score (nSPS) is 19.2. The number of thiophene rings is 1. The van der Waals surface area contributed by atoms with Gasteiger partial charge in [0, 0.05) is 15.8 Å². The van der Waals surface area contributed by atoms with E-state index in [4.69, 9.17) is 0 Å². The predicted molar refractivity (Wildman–Crippen MR) is 92.2 cm³/mol. The second kappa shape index (κ2) is 6.76. The average molecular weight is 299 g/mol. The van der Waals surface area contributed by atoms with Crippen molar-refractivity contribution in [2.45, 2.75) is 51.5 Å². The molecule has 0 radical (unpaired) electrons. The van der Waals surface area contributed by atoms with Crippen molar-refractivity contribution in [1.82, 2.24) is 5.32 Å². The molecule has 0 amide bonds. The van der Waals surface area contributed by atoms with Crippen LogP contribution in [-0.2, 0) is 6.42 Å². The zero-order valence-corrected chi connectivity index (χ0v) is 13.9. The van der Waals surface area contributed by atoms with E-state index in [1.807, 2.05) is 11.3 Å². The predicted octanol–water partition coefficient (Wildman–Crippen LogP) is 5.22. The average Bonchev–Trinajstić information content (AvgIpc) is 2.94. The van der Waals surface area contributed by atoms with Gasteiger partial charge in [-0.15, -0.1) is 11.3 Å². The Bertz CT molecular complexity index is 587. The Labute approximate surface area is 132 Å². The zero-order chi connectivity index (χ0) is 14.7. The summed E-state index contributed by atoms with van der Waals surface area (Å²) in [6, 6.07) is 14.1. The Hall–Kier alpha value is -1.12. The molecule has 0 bridgehead atoms. The lowest BCUT2D eigenvalue weighted by Crippen LogP contribution is -2.23. The van der Waals surface area contributed by atoms with E-state index >= 15 is 0 Å². The molecular weight excluding hydrogens is 274 g/mol. The van der Waals surface area contributed by atoms with Crippen molar-refractivity contribution in [2.24, 2.45) is 0 Å². The summed E-state index contributed by atoms with van der Waals surface area (Å²) in [5.41, 5.74) is 3.17. The third-order valence-corrected chi connectivity index (χ3v) is 5.68. The van der Waals surface area contributed by atoms with Gasteiger partial charge in [-0.3, -0.25) is 0 Å². The van der Waals surface area contributed by atoms with Crippen molar-refractivity contribution in [1.29, 1.82) is 0 Å². The maximum absolute atomic E-state index is 3.70. The highest BCUT2D eigenvalue weighted by atomic mass is 32.1. The number of benzene rings is 1. The highest BCUT2D eigenvalue weighted by Gasteiger charge is 2.24. The molecule has 1 nitrogen and oxygen atoms in total. The SMILES string of the molecule is CCNC(CC1CCCc2ccccc21)c1ccc(C)s1. The number of fused-ring (bicyclic) bond motifs is 1. The highest BCUT2D eigenvalue weighted by molar-refractivity contribution is 7.12. The Balaban J connectivity index is 1.80. The maximum Gasteiger partial charge on any atom is 0.0420 e. The molecule has 0 saturated heterocycles. The van der Waals surface area contributed by atoms with Gasteiger partial charge in [-0.2, -0.15) is 0 Å². The summed E-state index contributed by atoms with van der Waals surface area (Å²) >= 11 is 1.94. The molecule has 0 aliphatic heterocycles. The summed E-state index contributed by atoms with van der Waals surface area (Å²) in [6.45, 7) is 5.45. The fourth-order valence-electron chi connectivity index (χ4n) is 3.57. The molecule has 1 heterocycles. The molecule has 2 aromatic rings. The van der Waals surface area contributed by atoms with E-state index in [2.05, 4.69) is 55.6 Å². The summed E-state index contributed by atoms with van der Waals surface area (Å²) in [7, 11) is 0. The van der Waals surface area contributed by atoms with Crippen LogP contribution in [-0.4, -0.2) is 6.54 Å². The molecule has 1 aliphatic carbocycles. The number of aryl methyl sites for hydroxylation is 2. The van der Waals surface area contributed by atoms with Crippen molar-refractivity contribution in [2.75, 3.05) is 6.54 Å². The van der Waals surface area contributed by atoms with Crippen LogP contribution >= 0.6 is 11.3 Å². The second-order valence-electron chi connectivity index (χ2n) is 6.08. The lowest BCUT2D eigenvalue weighted by atomic mass is 9.79. The molecular formula is C19H25NS. The van der Waals surface area contributed by atoms with Crippen molar-refractivity contribution >= 4 is 11.3 Å². The van der Waals surface area contributed by atoms with Crippen LogP contribution in [0.15, 0.2) is 36.4 Å². The van der Waals surface area contributed by atoms with E-state index < -0.39 is 0 Å². The van der Waals surface area contributed by atoms with E-state index in [1.54, 1.807) is 11.1 Å². The number of rotatable bonds is 5. The minimum Gasteiger partial charge on any atom is -0.310 e. The summed E-state index contributed by atoms with van der Waals surface area (Å²) in [4.78, 5) is 2.91. The van der Waals surface area contributed by atoms with Crippen LogP contribution in [0.2, 0.25) is 0 Å². The lowest BCUT2D eigenvalue weighted by Gasteiger charge is -2.29. The lowest BCUT2D eigenvalue weighted by molar-refractivity contribution is 0.430. The summed E-state index contributed by atoms with van der Waals surface area (Å²) in [5, 5.41) is 3.70. The first-order valence-electron chi connectivity index (χ1n) is 8.15. The molecule has 2 unspecified atom stereocenters. The quantitative estimate of drug-likeness (QED) is 0.798. The van der Waals surface area contributed by atoms with Gasteiger partial charge in [0.05, 0.1) is 0 Å². The first-order valence-corrected chi connectivity index (χ1v) is 8.97. The summed E-state index contributed by atoms with van der Waals surface area (Å²) < 4.78 is 0. The zero-order valence-electron chi connectivity index (χ0n) is 13.1. The van der Waals surface area contributed by atoms with E-state index in [1.165, 1.54) is 35.4 Å². The van der Waals surface area contributed by atoms with Gasteiger partial charge in [0.25, 0.3) is 0 Å². The van der Waals surface area contributed by atoms with E-state index in [0.29, 0.717) is 12.0 Å². The van der Waals surface area contributed by atoms with Gasteiger partial charge in [0.15, 0.2) is 0 Å². The van der Waals surface area contributed by atoms with Crippen LogP contribution in [0.3, 0.4) is 0 Å². The van der Waals surface area contributed by atoms with E-state index in [-0.39, 0.29) is 0 Å². The molecule has 1 aromatic carbocycles. The van der Waals surface area contributed by atoms with Crippen LogP contribution in [0.5, 0.6) is 0 Å². The standard InChI is InChI=1S/C19H25NS/c1-3-20-18(19-12-11-14(2)21-19)13-16-9-6-8-15-7-4-5-10-17(15)16/h4-5,7,10-12,16,18,20H,3,6,8-9,13H2,1-2H3.